The van der Waals surface area contributed by atoms with Gasteiger partial charge in [0, 0.05) is 23.0 Å². The van der Waals surface area contributed by atoms with Gasteiger partial charge in [0.2, 0.25) is 0 Å². The van der Waals surface area contributed by atoms with Crippen LogP contribution < -0.4 is 5.73 Å². The lowest BCUT2D eigenvalue weighted by atomic mass is 9.80. The minimum atomic E-state index is -4.98. The van der Waals surface area contributed by atoms with Crippen LogP contribution in [0.4, 0.5) is 26.3 Å². The second-order valence-corrected chi connectivity index (χ2v) is 7.95. The van der Waals surface area contributed by atoms with Gasteiger partial charge in [0.25, 0.3) is 0 Å². The summed E-state index contributed by atoms with van der Waals surface area (Å²) in [7, 11) is 0. The maximum absolute atomic E-state index is 13.0. The lowest BCUT2D eigenvalue weighted by Gasteiger charge is -2.31. The molecule has 1 unspecified atom stereocenters. The number of H-pyrrole nitrogens is 1. The van der Waals surface area contributed by atoms with Gasteiger partial charge < -0.3 is 15.5 Å². The molecule has 0 fully saturated rings. The highest BCUT2D eigenvalue weighted by atomic mass is 35.5. The van der Waals surface area contributed by atoms with E-state index >= 15 is 0 Å². The Kier molecular flexibility index (Phi) is 6.47. The number of esters is 1. The standard InChI is InChI=1S/C22H18F6N2O2.ClH/c23-21(24,25)13-7-12(8-14(9-13)22(26,27)28)11-32-19(31)20(29)6-5-18-16(10-20)15-3-1-2-4-17(15)30-18;/h1-4,7-9,30H,5-6,10-11,29H2;1H. The highest BCUT2D eigenvalue weighted by Crippen LogP contribution is 2.37. The maximum Gasteiger partial charge on any atom is 0.416 e. The Balaban J connectivity index is 0.00000306. The molecule has 1 aromatic heterocycles. The van der Waals surface area contributed by atoms with E-state index in [-0.39, 0.29) is 31.3 Å². The molecule has 0 radical (unpaired) electrons. The number of nitrogens with one attached hydrogen (secondary N) is 1. The van der Waals surface area contributed by atoms with Crippen molar-refractivity contribution in [2.45, 2.75) is 43.8 Å². The molecular weight excluding hydrogens is 474 g/mol. The lowest BCUT2D eigenvalue weighted by molar-refractivity contribution is -0.152. The van der Waals surface area contributed by atoms with Crippen molar-refractivity contribution in [3.63, 3.8) is 0 Å². The van der Waals surface area contributed by atoms with Crippen molar-refractivity contribution in [2.24, 2.45) is 5.73 Å². The van der Waals surface area contributed by atoms with Gasteiger partial charge in [-0.25, -0.2) is 0 Å². The number of rotatable bonds is 3. The number of ether oxygens (including phenoxy) is 1. The summed E-state index contributed by atoms with van der Waals surface area (Å²) in [5, 5.41) is 0.900. The molecule has 2 aromatic carbocycles. The Morgan fingerprint density at radius 1 is 1.03 bits per heavy atom. The van der Waals surface area contributed by atoms with E-state index in [0.29, 0.717) is 18.6 Å². The summed E-state index contributed by atoms with van der Waals surface area (Å²) in [6.45, 7) is -0.758. The number of fused-ring (bicyclic) bond motifs is 3. The molecule has 4 nitrogen and oxygen atoms in total. The van der Waals surface area contributed by atoms with E-state index in [1.54, 1.807) is 0 Å². The van der Waals surface area contributed by atoms with Crippen LogP contribution in [0.2, 0.25) is 0 Å². The van der Waals surface area contributed by atoms with Crippen molar-refractivity contribution in [3.05, 3.63) is 70.4 Å². The Labute approximate surface area is 190 Å². The first-order chi connectivity index (χ1) is 14.9. The summed E-state index contributed by atoms with van der Waals surface area (Å²) in [6, 6.07) is 8.55. The van der Waals surface area contributed by atoms with Gasteiger partial charge in [-0.15, -0.1) is 12.4 Å². The summed E-state index contributed by atoms with van der Waals surface area (Å²) in [5.74, 6) is -0.876. The fourth-order valence-corrected chi connectivity index (χ4v) is 3.99. The minimum Gasteiger partial charge on any atom is -0.459 e. The largest absolute Gasteiger partial charge is 0.459 e. The van der Waals surface area contributed by atoms with Gasteiger partial charge in [-0.1, -0.05) is 18.2 Å². The first-order valence-corrected chi connectivity index (χ1v) is 9.70. The fraction of sp³-hybridized carbons (Fsp3) is 0.318. The first-order valence-electron chi connectivity index (χ1n) is 9.70. The second-order valence-electron chi connectivity index (χ2n) is 7.95. The molecule has 0 saturated carbocycles. The van der Waals surface area contributed by atoms with Gasteiger partial charge in [0.15, 0.2) is 0 Å². The third-order valence-electron chi connectivity index (χ3n) is 5.64. The normalized spacial score (nSPS) is 18.5. The van der Waals surface area contributed by atoms with Crippen LogP contribution in [-0.2, 0) is 41.3 Å². The average Bonchev–Trinajstić information content (AvgIpc) is 3.08. The van der Waals surface area contributed by atoms with E-state index in [1.807, 2.05) is 24.3 Å². The van der Waals surface area contributed by atoms with Gasteiger partial charge >= 0.3 is 18.3 Å². The quantitative estimate of drug-likeness (QED) is 0.372. The molecule has 0 aliphatic heterocycles. The summed E-state index contributed by atoms with van der Waals surface area (Å²) >= 11 is 0. The number of nitrogens with two attached hydrogens (primary N) is 1. The van der Waals surface area contributed by atoms with Crippen LogP contribution in [0.5, 0.6) is 0 Å². The molecular formula is C22H19ClF6N2O2. The Bertz CT molecular complexity index is 1160. The van der Waals surface area contributed by atoms with Crippen molar-refractivity contribution in [3.8, 4) is 0 Å². The number of alkyl halides is 6. The first kappa shape index (κ1) is 24.9. The van der Waals surface area contributed by atoms with Gasteiger partial charge in [-0.3, -0.25) is 4.79 Å². The third kappa shape index (κ3) is 4.96. The van der Waals surface area contributed by atoms with E-state index in [0.717, 1.165) is 22.2 Å². The maximum atomic E-state index is 13.0. The number of halogens is 7. The molecule has 4 rings (SSSR count). The number of para-hydroxylation sites is 1. The molecule has 33 heavy (non-hydrogen) atoms. The van der Waals surface area contributed by atoms with E-state index in [2.05, 4.69) is 4.98 Å². The molecule has 3 aromatic rings. The average molecular weight is 493 g/mol. The number of aryl methyl sites for hydroxylation is 1. The molecule has 178 valence electrons. The Morgan fingerprint density at radius 2 is 1.64 bits per heavy atom. The summed E-state index contributed by atoms with van der Waals surface area (Å²) in [4.78, 5) is 16.0. The predicted octanol–water partition coefficient (Wildman–Crippen LogP) is 5.56. The van der Waals surface area contributed by atoms with Crippen LogP contribution >= 0.6 is 12.4 Å². The third-order valence-corrected chi connectivity index (χ3v) is 5.64. The van der Waals surface area contributed by atoms with E-state index in [1.165, 1.54) is 0 Å². The molecule has 1 aliphatic carbocycles. The molecule has 0 amide bonds. The van der Waals surface area contributed by atoms with Crippen LogP contribution in [-0.4, -0.2) is 16.5 Å². The Morgan fingerprint density at radius 3 is 2.24 bits per heavy atom. The molecule has 0 saturated heterocycles. The van der Waals surface area contributed by atoms with Gasteiger partial charge in [0.1, 0.15) is 12.1 Å². The van der Waals surface area contributed by atoms with Crippen molar-refractivity contribution in [1.82, 2.24) is 4.98 Å². The topological polar surface area (TPSA) is 68.1 Å². The van der Waals surface area contributed by atoms with Crippen molar-refractivity contribution in [1.29, 1.82) is 0 Å². The van der Waals surface area contributed by atoms with Gasteiger partial charge in [-0.05, 0) is 48.2 Å². The van der Waals surface area contributed by atoms with Gasteiger partial charge in [-0.2, -0.15) is 26.3 Å². The SMILES string of the molecule is Cl.NC1(C(=O)OCc2cc(C(F)(F)F)cc(C(F)(F)F)c2)CCc2[nH]c3ccccc3c2C1. The molecule has 11 heteroatoms. The fourth-order valence-electron chi connectivity index (χ4n) is 3.99. The molecule has 1 heterocycles. The summed E-state index contributed by atoms with van der Waals surface area (Å²) < 4.78 is 83.3. The zero-order valence-electron chi connectivity index (χ0n) is 16.9. The number of aromatic nitrogens is 1. The summed E-state index contributed by atoms with van der Waals surface area (Å²) in [6.07, 6.45) is -9.14. The minimum absolute atomic E-state index is 0. The number of carbonyl (C=O) groups excluding carboxylic acids is 1. The van der Waals surface area contributed by atoms with Crippen molar-refractivity contribution >= 4 is 29.3 Å². The monoisotopic (exact) mass is 492 g/mol. The van der Waals surface area contributed by atoms with Crippen LogP contribution in [0, 0.1) is 0 Å². The van der Waals surface area contributed by atoms with Crippen LogP contribution in [0.25, 0.3) is 10.9 Å². The predicted molar refractivity (Wildman–Crippen MR) is 111 cm³/mol. The molecule has 3 N–H and O–H groups in total. The highest BCUT2D eigenvalue weighted by Gasteiger charge is 2.41. The van der Waals surface area contributed by atoms with Crippen LogP contribution in [0.3, 0.4) is 0 Å². The van der Waals surface area contributed by atoms with Crippen molar-refractivity contribution in [2.75, 3.05) is 0 Å². The van der Waals surface area contributed by atoms with E-state index in [4.69, 9.17) is 10.5 Å². The number of carbonyl (C=O) groups is 1. The zero-order chi connectivity index (χ0) is 23.3. The Hall–Kier alpha value is -2.72. The molecule has 0 bridgehead atoms. The molecule has 0 spiro atoms. The van der Waals surface area contributed by atoms with Gasteiger partial charge in [0.05, 0.1) is 11.1 Å². The van der Waals surface area contributed by atoms with Crippen LogP contribution in [0.15, 0.2) is 42.5 Å². The molecule has 1 atom stereocenters. The highest BCUT2D eigenvalue weighted by molar-refractivity contribution is 5.88. The number of hydrogen-bond donors (Lipinski definition) is 2. The number of benzene rings is 2. The van der Waals surface area contributed by atoms with Crippen molar-refractivity contribution < 1.29 is 35.9 Å². The smallest absolute Gasteiger partial charge is 0.416 e. The molecule has 1 aliphatic rings. The second kappa shape index (κ2) is 8.57. The number of hydrogen-bond acceptors (Lipinski definition) is 3. The van der Waals surface area contributed by atoms with E-state index < -0.39 is 47.2 Å². The zero-order valence-corrected chi connectivity index (χ0v) is 17.8. The van der Waals surface area contributed by atoms with Crippen LogP contribution in [0.1, 0.15) is 34.4 Å². The number of aromatic amines is 1. The lowest BCUT2D eigenvalue weighted by Crippen LogP contribution is -2.53. The van der Waals surface area contributed by atoms with E-state index in [9.17, 15) is 31.1 Å². The summed E-state index contributed by atoms with van der Waals surface area (Å²) in [5.41, 5.74) is 4.16.